The summed E-state index contributed by atoms with van der Waals surface area (Å²) in [6.07, 6.45) is 0. The maximum absolute atomic E-state index is 11.2. The van der Waals surface area contributed by atoms with Crippen LogP contribution < -0.4 is 10.6 Å². The number of nitrogens with zero attached hydrogens (tertiary/aromatic N) is 1. The highest BCUT2D eigenvalue weighted by Crippen LogP contribution is 1.98. The second-order valence-electron chi connectivity index (χ2n) is 2.64. The van der Waals surface area contributed by atoms with Gasteiger partial charge in [0, 0.05) is 94.0 Å². The monoisotopic (exact) mass is 565 g/mol. The molecule has 3 amide bonds. The Morgan fingerprint density at radius 1 is 0.875 bits per heavy atom. The highest BCUT2D eigenvalue weighted by atomic mass is 127. The Balaban J connectivity index is 3.84. The smallest absolute Gasteiger partial charge is 0.283 e. The van der Waals surface area contributed by atoms with Gasteiger partial charge in [0.15, 0.2) is 0 Å². The van der Waals surface area contributed by atoms with Crippen molar-refractivity contribution in [2.75, 3.05) is 26.2 Å². The van der Waals surface area contributed by atoms with E-state index in [0.29, 0.717) is 26.2 Å². The zero-order chi connectivity index (χ0) is 12.6. The molecule has 0 spiro atoms. The van der Waals surface area contributed by atoms with Gasteiger partial charge < -0.3 is 15.5 Å². The number of carbonyl (C=O) groups is 3. The van der Waals surface area contributed by atoms with Gasteiger partial charge in [0.05, 0.1) is 0 Å². The quantitative estimate of drug-likeness (QED) is 0.295. The maximum Gasteiger partial charge on any atom is 0.283 e. The van der Waals surface area contributed by atoms with E-state index < -0.39 is 0 Å². The normalized spacial score (nSPS) is 9.44. The van der Waals surface area contributed by atoms with Crippen molar-refractivity contribution in [3.63, 3.8) is 0 Å². The average Bonchev–Trinajstić information content (AvgIpc) is 2.14. The van der Waals surface area contributed by atoms with Gasteiger partial charge in [-0.3, -0.25) is 14.4 Å². The lowest BCUT2D eigenvalue weighted by Crippen LogP contribution is -2.38. The minimum absolute atomic E-state index is 0.108. The number of rotatable bonds is 6. The first-order chi connectivity index (χ1) is 7.43. The van der Waals surface area contributed by atoms with E-state index >= 15 is 0 Å². The van der Waals surface area contributed by atoms with E-state index in [4.69, 9.17) is 0 Å². The molecule has 0 aromatic heterocycles. The highest BCUT2D eigenvalue weighted by Gasteiger charge is 2.09. The number of hydrogen-bond donors (Lipinski definition) is 2. The molecule has 0 aliphatic carbocycles. The third-order valence-electron chi connectivity index (χ3n) is 1.54. The molecule has 0 saturated heterocycles. The fourth-order valence-corrected chi connectivity index (χ4v) is 1.89. The van der Waals surface area contributed by atoms with Gasteiger partial charge in [-0.05, 0) is 0 Å². The topological polar surface area (TPSA) is 78.5 Å². The first-order valence-electron chi connectivity index (χ1n) is 4.24. The molecule has 0 aliphatic heterocycles. The lowest BCUT2D eigenvalue weighted by Gasteiger charge is -2.19. The van der Waals surface area contributed by atoms with Crippen LogP contribution in [0, 0.1) is 0 Å². The molecule has 0 rings (SSSR count). The molecule has 6 nitrogen and oxygen atoms in total. The summed E-state index contributed by atoms with van der Waals surface area (Å²) >= 11 is 4.94. The Hall–Kier alpha value is 0.600. The van der Waals surface area contributed by atoms with Gasteiger partial charge in [-0.1, -0.05) is 0 Å². The molecule has 9 heteroatoms. The van der Waals surface area contributed by atoms with E-state index in [2.05, 4.69) is 10.6 Å². The number of halogens is 3. The molecular formula is C7H10I3N3O3. The first-order valence-corrected chi connectivity index (χ1v) is 7.48. The SMILES string of the molecule is O=C(I)NCCN(CCNC(=O)I)C(=O)I. The van der Waals surface area contributed by atoms with Gasteiger partial charge >= 0.3 is 0 Å². The van der Waals surface area contributed by atoms with Crippen LogP contribution in [0.5, 0.6) is 0 Å². The van der Waals surface area contributed by atoms with Crippen LogP contribution in [-0.2, 0) is 0 Å². The van der Waals surface area contributed by atoms with Crippen molar-refractivity contribution < 1.29 is 14.4 Å². The average molecular weight is 565 g/mol. The predicted octanol–water partition coefficient (Wildman–Crippen LogP) is 2.13. The van der Waals surface area contributed by atoms with Crippen LogP contribution in [0.4, 0.5) is 14.4 Å². The first kappa shape index (κ1) is 16.6. The number of nitrogens with one attached hydrogen (secondary N) is 2. The Morgan fingerprint density at radius 3 is 1.50 bits per heavy atom. The third-order valence-corrected chi connectivity index (χ3v) is 2.99. The summed E-state index contributed by atoms with van der Waals surface area (Å²) < 4.78 is -0.416. The standard InChI is InChI=1S/C7H10I3N3O3/c8-5(14)11-1-3-13(7(10)16)4-2-12-6(9)15/h1-4H2,(H,11,14)(H,12,15). The number of amides is 3. The molecule has 2 N–H and O–H groups in total. The van der Waals surface area contributed by atoms with Gasteiger partial charge in [-0.25, -0.2) is 0 Å². The van der Waals surface area contributed by atoms with Crippen LogP contribution in [0.25, 0.3) is 0 Å². The molecule has 0 aromatic rings. The molecule has 0 radical (unpaired) electrons. The Labute approximate surface area is 134 Å². The molecule has 0 atom stereocenters. The van der Waals surface area contributed by atoms with Crippen molar-refractivity contribution in [3.8, 4) is 0 Å². The Kier molecular flexibility index (Phi) is 9.97. The van der Waals surface area contributed by atoms with E-state index in [1.807, 2.05) is 0 Å². The van der Waals surface area contributed by atoms with E-state index in [9.17, 15) is 14.4 Å². The van der Waals surface area contributed by atoms with E-state index in [0.717, 1.165) is 0 Å². The van der Waals surface area contributed by atoms with Crippen molar-refractivity contribution in [2.45, 2.75) is 0 Å². The molecule has 0 saturated carbocycles. The zero-order valence-electron chi connectivity index (χ0n) is 8.13. The Morgan fingerprint density at radius 2 is 1.25 bits per heavy atom. The zero-order valence-corrected chi connectivity index (χ0v) is 14.6. The van der Waals surface area contributed by atoms with Gasteiger partial charge in [0.25, 0.3) is 11.7 Å². The lowest BCUT2D eigenvalue weighted by atomic mass is 10.5. The minimum atomic E-state index is -0.154. The van der Waals surface area contributed by atoms with E-state index in [1.165, 1.54) is 0 Å². The molecule has 16 heavy (non-hydrogen) atoms. The molecule has 92 valence electrons. The summed E-state index contributed by atoms with van der Waals surface area (Å²) in [4.78, 5) is 34.0. The van der Waals surface area contributed by atoms with Crippen LogP contribution in [0.2, 0.25) is 0 Å². The third kappa shape index (κ3) is 9.80. The second kappa shape index (κ2) is 9.61. The van der Waals surface area contributed by atoms with Crippen molar-refractivity contribution in [3.05, 3.63) is 0 Å². The van der Waals surface area contributed by atoms with Crippen LogP contribution in [0.3, 0.4) is 0 Å². The maximum atomic E-state index is 11.2. The van der Waals surface area contributed by atoms with E-state index in [1.54, 1.807) is 72.7 Å². The van der Waals surface area contributed by atoms with Crippen LogP contribution in [0.1, 0.15) is 0 Å². The van der Waals surface area contributed by atoms with Gasteiger partial charge in [-0.15, -0.1) is 0 Å². The van der Waals surface area contributed by atoms with Crippen LogP contribution in [0.15, 0.2) is 0 Å². The summed E-state index contributed by atoms with van der Waals surface area (Å²) in [6.45, 7) is 1.70. The fourth-order valence-electron chi connectivity index (χ4n) is 0.866. The van der Waals surface area contributed by atoms with Crippen LogP contribution in [-0.4, -0.2) is 42.8 Å². The molecule has 0 aromatic carbocycles. The fraction of sp³-hybridized carbons (Fsp3) is 0.571. The number of hydrogen-bond acceptors (Lipinski definition) is 3. The summed E-state index contributed by atoms with van der Waals surface area (Å²) in [7, 11) is 0. The predicted molar refractivity (Wildman–Crippen MR) is 85.8 cm³/mol. The summed E-state index contributed by atoms with van der Waals surface area (Å²) in [5.74, 6) is 0. The van der Waals surface area contributed by atoms with Gasteiger partial charge in [0.2, 0.25) is 0 Å². The second-order valence-corrected chi connectivity index (χ2v) is 5.52. The Bertz CT molecular complexity index is 255. The van der Waals surface area contributed by atoms with Crippen molar-refractivity contribution in [1.82, 2.24) is 15.5 Å². The molecular weight excluding hydrogens is 555 g/mol. The van der Waals surface area contributed by atoms with E-state index in [-0.39, 0.29) is 11.7 Å². The van der Waals surface area contributed by atoms with Crippen LogP contribution >= 0.6 is 67.8 Å². The highest BCUT2D eigenvalue weighted by molar-refractivity contribution is 14.1. The lowest BCUT2D eigenvalue weighted by molar-refractivity contribution is 0.224. The van der Waals surface area contributed by atoms with Gasteiger partial charge in [-0.2, -0.15) is 0 Å². The molecule has 0 aliphatic rings. The summed E-state index contributed by atoms with van der Waals surface area (Å²) in [5.41, 5.74) is 0. The minimum Gasteiger partial charge on any atom is -0.346 e. The molecule has 0 bridgehead atoms. The molecule has 0 heterocycles. The van der Waals surface area contributed by atoms with Crippen molar-refractivity contribution in [2.24, 2.45) is 0 Å². The molecule has 0 fully saturated rings. The summed E-state index contributed by atoms with van der Waals surface area (Å²) in [6, 6.07) is 0. The van der Waals surface area contributed by atoms with Crippen molar-refractivity contribution in [1.29, 1.82) is 0 Å². The number of carbonyl (C=O) groups excluding carboxylic acids is 3. The van der Waals surface area contributed by atoms with Crippen molar-refractivity contribution >= 4 is 79.5 Å². The molecule has 0 unspecified atom stereocenters. The summed E-state index contributed by atoms with van der Waals surface area (Å²) in [5, 5.41) is 5.18. The van der Waals surface area contributed by atoms with Gasteiger partial charge in [0.1, 0.15) is 0 Å². The largest absolute Gasteiger partial charge is 0.346 e.